The predicted octanol–water partition coefficient (Wildman–Crippen LogP) is 8.70. The lowest BCUT2D eigenvalue weighted by Crippen LogP contribution is -2.33. The molecule has 0 spiro atoms. The molecule has 0 unspecified atom stereocenters. The highest BCUT2D eigenvalue weighted by atomic mass is 35.5. The van der Waals surface area contributed by atoms with Gasteiger partial charge in [-0.1, -0.05) is 68.8 Å². The van der Waals surface area contributed by atoms with E-state index < -0.39 is 45.8 Å². The molecule has 0 aliphatic rings. The molecule has 38 heavy (non-hydrogen) atoms. The van der Waals surface area contributed by atoms with Crippen LogP contribution >= 0.6 is 11.6 Å². The van der Waals surface area contributed by atoms with Crippen LogP contribution in [0.25, 0.3) is 0 Å². The average Bonchev–Trinajstić information content (AvgIpc) is 2.81. The molecule has 3 aromatic rings. The van der Waals surface area contributed by atoms with Crippen molar-refractivity contribution in [2.45, 2.75) is 51.5 Å². The summed E-state index contributed by atoms with van der Waals surface area (Å²) in [6, 6.07) is 12.4. The van der Waals surface area contributed by atoms with Crippen LogP contribution in [-0.4, -0.2) is 17.4 Å². The monoisotopic (exact) mass is 559 g/mol. The van der Waals surface area contributed by atoms with Crippen molar-refractivity contribution in [2.75, 3.05) is 6.54 Å². The smallest absolute Gasteiger partial charge is 0.334 e. The molecule has 0 aromatic heterocycles. The first-order valence-corrected chi connectivity index (χ1v) is 12.0. The molecule has 0 N–H and O–H groups in total. The van der Waals surface area contributed by atoms with Crippen molar-refractivity contribution in [3.05, 3.63) is 105 Å². The maximum Gasteiger partial charge on any atom is 0.416 e. The lowest BCUT2D eigenvalue weighted by atomic mass is 9.87. The van der Waals surface area contributed by atoms with Gasteiger partial charge in [-0.2, -0.15) is 26.3 Å². The van der Waals surface area contributed by atoms with Crippen molar-refractivity contribution < 1.29 is 35.5 Å². The zero-order chi connectivity index (χ0) is 28.5. The molecule has 0 atom stereocenters. The largest absolute Gasteiger partial charge is 0.416 e. The SMILES string of the molecule is CC(C)(C)c1ccc(CN(CCc2ccc(C(F)(F)F)cc2)C(=O)c2cc(C(F)(F)F)cc(Cl)c2F)cc1. The molecule has 0 fully saturated rings. The highest BCUT2D eigenvalue weighted by Crippen LogP contribution is 2.34. The fourth-order valence-electron chi connectivity index (χ4n) is 3.79. The Morgan fingerprint density at radius 1 is 0.763 bits per heavy atom. The highest BCUT2D eigenvalue weighted by molar-refractivity contribution is 6.31. The number of alkyl halides is 6. The van der Waals surface area contributed by atoms with Gasteiger partial charge in [0.15, 0.2) is 5.82 Å². The van der Waals surface area contributed by atoms with Crippen molar-refractivity contribution in [1.29, 1.82) is 0 Å². The Bertz CT molecular complexity index is 1280. The van der Waals surface area contributed by atoms with Crippen LogP contribution in [0.15, 0.2) is 60.7 Å². The van der Waals surface area contributed by atoms with Crippen molar-refractivity contribution in [3.63, 3.8) is 0 Å². The summed E-state index contributed by atoms with van der Waals surface area (Å²) in [6.45, 7) is 5.88. The predicted molar refractivity (Wildman–Crippen MR) is 131 cm³/mol. The maximum atomic E-state index is 14.8. The molecule has 204 valence electrons. The van der Waals surface area contributed by atoms with Crippen LogP contribution in [0.5, 0.6) is 0 Å². The molecular formula is C28H25ClF7NO. The number of benzene rings is 3. The fraction of sp³-hybridized carbons (Fsp3) is 0.321. The Kier molecular flexibility index (Phi) is 8.51. The van der Waals surface area contributed by atoms with Gasteiger partial charge in [-0.3, -0.25) is 4.79 Å². The summed E-state index contributed by atoms with van der Waals surface area (Å²) in [5.41, 5.74) is -0.991. The molecule has 0 saturated carbocycles. The minimum Gasteiger partial charge on any atom is -0.334 e. The van der Waals surface area contributed by atoms with Crippen LogP contribution < -0.4 is 0 Å². The Morgan fingerprint density at radius 3 is 1.76 bits per heavy atom. The molecular weight excluding hydrogens is 535 g/mol. The normalized spacial score (nSPS) is 12.5. The van der Waals surface area contributed by atoms with E-state index in [0.717, 1.165) is 22.6 Å². The zero-order valence-electron chi connectivity index (χ0n) is 20.8. The Labute approximate surface area is 221 Å². The number of hydrogen-bond donors (Lipinski definition) is 0. The Morgan fingerprint density at radius 2 is 1.26 bits per heavy atom. The number of nitrogens with zero attached hydrogens (tertiary/aromatic N) is 1. The Balaban J connectivity index is 1.94. The average molecular weight is 560 g/mol. The van der Waals surface area contributed by atoms with E-state index in [2.05, 4.69) is 0 Å². The summed E-state index contributed by atoms with van der Waals surface area (Å²) in [5, 5.41) is -0.847. The van der Waals surface area contributed by atoms with Gasteiger partial charge < -0.3 is 4.90 Å². The maximum absolute atomic E-state index is 14.8. The van der Waals surface area contributed by atoms with E-state index in [-0.39, 0.29) is 24.9 Å². The number of carbonyl (C=O) groups excluding carboxylic acids is 1. The molecule has 0 bridgehead atoms. The molecule has 3 aromatic carbocycles. The van der Waals surface area contributed by atoms with E-state index >= 15 is 0 Å². The molecule has 0 saturated heterocycles. The van der Waals surface area contributed by atoms with E-state index in [1.165, 1.54) is 12.1 Å². The first-order chi connectivity index (χ1) is 17.5. The molecule has 3 rings (SSSR count). The third kappa shape index (κ3) is 7.28. The third-order valence-corrected chi connectivity index (χ3v) is 6.29. The van der Waals surface area contributed by atoms with Gasteiger partial charge in [0.25, 0.3) is 5.91 Å². The summed E-state index contributed by atoms with van der Waals surface area (Å²) in [6.07, 6.45) is -9.29. The van der Waals surface area contributed by atoms with E-state index in [0.29, 0.717) is 23.3 Å². The van der Waals surface area contributed by atoms with Crippen LogP contribution in [0.3, 0.4) is 0 Å². The second-order valence-electron chi connectivity index (χ2n) is 9.94. The minimum absolute atomic E-state index is 0.0722. The topological polar surface area (TPSA) is 20.3 Å². The van der Waals surface area contributed by atoms with Crippen LogP contribution in [0.2, 0.25) is 5.02 Å². The van der Waals surface area contributed by atoms with Gasteiger partial charge in [0, 0.05) is 13.1 Å². The van der Waals surface area contributed by atoms with E-state index in [4.69, 9.17) is 11.6 Å². The molecule has 0 aliphatic carbocycles. The number of carbonyl (C=O) groups is 1. The van der Waals surface area contributed by atoms with Gasteiger partial charge in [-0.25, -0.2) is 4.39 Å². The highest BCUT2D eigenvalue weighted by Gasteiger charge is 2.34. The third-order valence-electron chi connectivity index (χ3n) is 6.02. The Hall–Kier alpha value is -3.07. The number of hydrogen-bond acceptors (Lipinski definition) is 1. The molecule has 0 heterocycles. The first-order valence-electron chi connectivity index (χ1n) is 11.6. The summed E-state index contributed by atoms with van der Waals surface area (Å²) < 4.78 is 93.4. The molecule has 1 amide bonds. The minimum atomic E-state index is -4.86. The number of halogens is 8. The van der Waals surface area contributed by atoms with Crippen molar-refractivity contribution in [2.24, 2.45) is 0 Å². The van der Waals surface area contributed by atoms with Crippen molar-refractivity contribution in [3.8, 4) is 0 Å². The molecule has 0 radical (unpaired) electrons. The lowest BCUT2D eigenvalue weighted by molar-refractivity contribution is -0.138. The molecule has 2 nitrogen and oxygen atoms in total. The van der Waals surface area contributed by atoms with Crippen LogP contribution in [-0.2, 0) is 30.7 Å². The standard InChI is InChI=1S/C28H25ClF7NO/c1-26(2,3)19-8-6-18(7-9-19)16-37(13-12-17-4-10-20(11-5-17)27(31,32)33)25(38)22-14-21(28(34,35)36)15-23(29)24(22)30/h4-11,14-15H,12-13,16H2,1-3H3. The number of amides is 1. The van der Waals surface area contributed by atoms with Crippen LogP contribution in [0.4, 0.5) is 30.7 Å². The van der Waals surface area contributed by atoms with Gasteiger partial charge >= 0.3 is 12.4 Å². The van der Waals surface area contributed by atoms with E-state index in [1.54, 1.807) is 12.1 Å². The fourth-order valence-corrected chi connectivity index (χ4v) is 4.01. The second-order valence-corrected chi connectivity index (χ2v) is 10.3. The van der Waals surface area contributed by atoms with Gasteiger partial charge in [0.1, 0.15) is 0 Å². The van der Waals surface area contributed by atoms with Crippen LogP contribution in [0.1, 0.15) is 58.9 Å². The second kappa shape index (κ2) is 11.0. The van der Waals surface area contributed by atoms with Crippen molar-refractivity contribution >= 4 is 17.5 Å². The van der Waals surface area contributed by atoms with Crippen LogP contribution in [0, 0.1) is 5.82 Å². The van der Waals surface area contributed by atoms with E-state index in [1.807, 2.05) is 32.9 Å². The van der Waals surface area contributed by atoms with Crippen molar-refractivity contribution in [1.82, 2.24) is 4.90 Å². The molecule has 0 aliphatic heterocycles. The van der Waals surface area contributed by atoms with Gasteiger partial charge in [0.2, 0.25) is 0 Å². The summed E-state index contributed by atoms with van der Waals surface area (Å²) in [5.74, 6) is -2.31. The zero-order valence-corrected chi connectivity index (χ0v) is 21.5. The first kappa shape index (κ1) is 29.5. The van der Waals surface area contributed by atoms with E-state index in [9.17, 15) is 35.5 Å². The summed E-state index contributed by atoms with van der Waals surface area (Å²) >= 11 is 5.68. The summed E-state index contributed by atoms with van der Waals surface area (Å²) in [4.78, 5) is 14.5. The van der Waals surface area contributed by atoms with Gasteiger partial charge in [0.05, 0.1) is 21.7 Å². The lowest BCUT2D eigenvalue weighted by Gasteiger charge is -2.25. The van der Waals surface area contributed by atoms with Gasteiger partial charge in [-0.05, 0) is 52.8 Å². The van der Waals surface area contributed by atoms with Gasteiger partial charge in [-0.15, -0.1) is 0 Å². The quantitative estimate of drug-likeness (QED) is 0.277. The number of rotatable bonds is 6. The molecule has 10 heteroatoms. The summed E-state index contributed by atoms with van der Waals surface area (Å²) in [7, 11) is 0.